The van der Waals surface area contributed by atoms with Crippen LogP contribution in [0.3, 0.4) is 0 Å². The van der Waals surface area contributed by atoms with Gasteiger partial charge < -0.3 is 5.11 Å². The van der Waals surface area contributed by atoms with E-state index in [1.807, 2.05) is 72.8 Å². The van der Waals surface area contributed by atoms with Gasteiger partial charge in [0.2, 0.25) is 5.17 Å². The number of azo groups is 1. The third-order valence-corrected chi connectivity index (χ3v) is 5.49. The highest BCUT2D eigenvalue weighted by molar-refractivity contribution is 8.13. The topological polar surface area (TPSA) is 68.8 Å². The zero-order chi connectivity index (χ0) is 19.5. The average Bonchev–Trinajstić information content (AvgIpc) is 2.73. The maximum absolute atomic E-state index is 10.8. The summed E-state index contributed by atoms with van der Waals surface area (Å²) in [4.78, 5) is 0. The van der Waals surface area contributed by atoms with E-state index in [1.165, 1.54) is 11.8 Å². The van der Waals surface area contributed by atoms with Gasteiger partial charge in [-0.15, -0.1) is 22.6 Å². The van der Waals surface area contributed by atoms with Gasteiger partial charge in [0.05, 0.1) is 0 Å². The summed E-state index contributed by atoms with van der Waals surface area (Å²) in [7, 11) is 0. The molecule has 146 valence electrons. The zero-order valence-electron chi connectivity index (χ0n) is 15.2. The van der Waals surface area contributed by atoms with Gasteiger partial charge in [-0.3, -0.25) is 5.41 Å². The van der Waals surface area contributed by atoms with Crippen molar-refractivity contribution in [2.45, 2.75) is 5.75 Å². The molecular formula is C22H17Cl2N3OS. The van der Waals surface area contributed by atoms with Crippen LogP contribution in [0.25, 0.3) is 21.5 Å². The minimum Gasteiger partial charge on any atom is -0.505 e. The molecule has 0 aliphatic heterocycles. The molecule has 0 aliphatic carbocycles. The summed E-state index contributed by atoms with van der Waals surface area (Å²) in [5, 5.41) is 31.3. The Kier molecular flexibility index (Phi) is 6.75. The Morgan fingerprint density at radius 2 is 1.41 bits per heavy atom. The van der Waals surface area contributed by atoms with Crippen LogP contribution in [0.4, 0.5) is 5.69 Å². The number of hydrogen-bond acceptors (Lipinski definition) is 4. The Labute approximate surface area is 183 Å². The number of nitrogens with zero attached hydrogens (tertiary/aromatic N) is 2. The summed E-state index contributed by atoms with van der Waals surface area (Å²) in [6, 6.07) is 22.9. The van der Waals surface area contributed by atoms with Gasteiger partial charge in [0, 0.05) is 21.5 Å². The first-order valence-corrected chi connectivity index (χ1v) is 10.00. The van der Waals surface area contributed by atoms with Crippen molar-refractivity contribution in [3.05, 3.63) is 83.4 Å². The number of fused-ring (bicyclic) bond motifs is 3. The van der Waals surface area contributed by atoms with Crippen LogP contribution in [-0.4, -0.2) is 10.3 Å². The third-order valence-electron chi connectivity index (χ3n) is 4.41. The first kappa shape index (κ1) is 21.1. The van der Waals surface area contributed by atoms with E-state index in [0.29, 0.717) is 16.5 Å². The maximum atomic E-state index is 10.8. The van der Waals surface area contributed by atoms with Crippen LogP contribution in [0.5, 0.6) is 5.75 Å². The van der Waals surface area contributed by atoms with E-state index in [2.05, 4.69) is 10.2 Å². The van der Waals surface area contributed by atoms with E-state index in [4.69, 9.17) is 17.0 Å². The second kappa shape index (κ2) is 9.27. The molecule has 0 radical (unpaired) electrons. The molecule has 7 heteroatoms. The van der Waals surface area contributed by atoms with Gasteiger partial charge in [-0.25, -0.2) is 0 Å². The zero-order valence-corrected chi connectivity index (χ0v) is 17.6. The summed E-state index contributed by atoms with van der Waals surface area (Å²) in [5.41, 5.74) is 1.43. The Hall–Kier alpha value is -2.60. The number of phenolic OH excluding ortho intramolecular Hbond substituents is 1. The van der Waals surface area contributed by atoms with Crippen LogP contribution >= 0.6 is 35.8 Å². The highest BCUT2D eigenvalue weighted by Gasteiger charge is 2.13. The predicted octanol–water partition coefficient (Wildman–Crippen LogP) is 7.73. The lowest BCUT2D eigenvalue weighted by molar-refractivity contribution is 0.483. The van der Waals surface area contributed by atoms with Gasteiger partial charge in [-0.1, -0.05) is 84.0 Å². The Balaban J connectivity index is 0.00000240. The van der Waals surface area contributed by atoms with Crippen molar-refractivity contribution in [3.63, 3.8) is 0 Å². The predicted molar refractivity (Wildman–Crippen MR) is 125 cm³/mol. The van der Waals surface area contributed by atoms with Gasteiger partial charge in [0.15, 0.2) is 5.75 Å². The van der Waals surface area contributed by atoms with Gasteiger partial charge in [0.25, 0.3) is 0 Å². The number of thioether (sulfide) groups is 1. The minimum absolute atomic E-state index is 0. The molecule has 4 aromatic rings. The molecule has 0 saturated carbocycles. The van der Waals surface area contributed by atoms with E-state index in [-0.39, 0.29) is 23.3 Å². The molecule has 2 N–H and O–H groups in total. The van der Waals surface area contributed by atoms with Gasteiger partial charge in [-0.2, -0.15) is 0 Å². The molecule has 0 bridgehead atoms. The van der Waals surface area contributed by atoms with Crippen LogP contribution in [0.1, 0.15) is 5.56 Å². The third kappa shape index (κ3) is 4.53. The monoisotopic (exact) mass is 441 g/mol. The quantitative estimate of drug-likeness (QED) is 0.148. The Morgan fingerprint density at radius 3 is 2.07 bits per heavy atom. The number of phenols is 1. The highest BCUT2D eigenvalue weighted by atomic mass is 35.5. The lowest BCUT2D eigenvalue weighted by Crippen LogP contribution is -1.87. The maximum Gasteiger partial charge on any atom is 0.202 e. The molecule has 4 aromatic carbocycles. The SMILES string of the molecule is Cl.N=C(N=Nc1c(O)c2ccccc2c2ccccc12)SCc1ccc(Cl)cc1. The van der Waals surface area contributed by atoms with E-state index in [1.54, 1.807) is 0 Å². The van der Waals surface area contributed by atoms with Crippen LogP contribution in [0.15, 0.2) is 83.0 Å². The van der Waals surface area contributed by atoms with Gasteiger partial charge in [0.1, 0.15) is 5.69 Å². The molecule has 4 nitrogen and oxygen atoms in total. The fourth-order valence-electron chi connectivity index (χ4n) is 3.06. The van der Waals surface area contributed by atoms with Crippen molar-refractivity contribution in [1.82, 2.24) is 0 Å². The molecule has 0 saturated heterocycles. The molecule has 0 aromatic heterocycles. The van der Waals surface area contributed by atoms with Crippen molar-refractivity contribution in [2.75, 3.05) is 0 Å². The molecule has 0 unspecified atom stereocenters. The van der Waals surface area contributed by atoms with Crippen molar-refractivity contribution < 1.29 is 5.11 Å². The summed E-state index contributed by atoms with van der Waals surface area (Å²) in [6.07, 6.45) is 0. The molecule has 4 rings (SSSR count). The summed E-state index contributed by atoms with van der Waals surface area (Å²) in [6.45, 7) is 0. The largest absolute Gasteiger partial charge is 0.505 e. The Morgan fingerprint density at radius 1 is 0.862 bits per heavy atom. The van der Waals surface area contributed by atoms with E-state index < -0.39 is 0 Å². The number of halogens is 2. The molecule has 29 heavy (non-hydrogen) atoms. The molecule has 0 aliphatic rings. The lowest BCUT2D eigenvalue weighted by Gasteiger charge is -2.09. The first-order valence-electron chi connectivity index (χ1n) is 8.63. The number of amidine groups is 1. The smallest absolute Gasteiger partial charge is 0.202 e. The fraction of sp³-hybridized carbons (Fsp3) is 0.0455. The van der Waals surface area contributed by atoms with Crippen LogP contribution < -0.4 is 0 Å². The summed E-state index contributed by atoms with van der Waals surface area (Å²) >= 11 is 7.16. The molecule has 0 atom stereocenters. The Bertz CT molecular complexity index is 1210. The first-order chi connectivity index (χ1) is 13.6. The number of benzene rings is 4. The normalized spacial score (nSPS) is 11.1. The fourth-order valence-corrected chi connectivity index (χ4v) is 3.78. The second-order valence-corrected chi connectivity index (χ2v) is 7.61. The van der Waals surface area contributed by atoms with Gasteiger partial charge in [-0.05, 0) is 28.5 Å². The number of rotatable bonds is 3. The highest BCUT2D eigenvalue weighted by Crippen LogP contribution is 2.42. The summed E-state index contributed by atoms with van der Waals surface area (Å²) in [5.74, 6) is 0.674. The molecule has 0 spiro atoms. The summed E-state index contributed by atoms with van der Waals surface area (Å²) < 4.78 is 0. The number of aromatic hydroxyl groups is 1. The van der Waals surface area contributed by atoms with Crippen LogP contribution in [-0.2, 0) is 5.75 Å². The van der Waals surface area contributed by atoms with E-state index in [0.717, 1.165) is 27.1 Å². The number of nitrogens with one attached hydrogen (secondary N) is 1. The van der Waals surface area contributed by atoms with Crippen molar-refractivity contribution in [1.29, 1.82) is 5.41 Å². The van der Waals surface area contributed by atoms with Crippen LogP contribution in [0, 0.1) is 5.41 Å². The van der Waals surface area contributed by atoms with Crippen molar-refractivity contribution >= 4 is 68.2 Å². The van der Waals surface area contributed by atoms with Gasteiger partial charge >= 0.3 is 0 Å². The second-order valence-electron chi connectivity index (χ2n) is 6.21. The van der Waals surface area contributed by atoms with E-state index >= 15 is 0 Å². The minimum atomic E-state index is 0. The molecule has 0 fully saturated rings. The number of hydrogen-bond donors (Lipinski definition) is 2. The lowest BCUT2D eigenvalue weighted by atomic mass is 9.99. The van der Waals surface area contributed by atoms with E-state index in [9.17, 15) is 5.11 Å². The average molecular weight is 442 g/mol. The molecular weight excluding hydrogens is 425 g/mol. The van der Waals surface area contributed by atoms with Crippen molar-refractivity contribution in [2.24, 2.45) is 10.2 Å². The molecule has 0 amide bonds. The molecule has 0 heterocycles. The van der Waals surface area contributed by atoms with Crippen molar-refractivity contribution in [3.8, 4) is 5.75 Å². The standard InChI is InChI=1S/C22H16ClN3OS.ClH/c23-15-11-9-14(10-12-15)13-28-22(24)26-25-20-18-7-3-1-5-16(18)17-6-2-4-8-19(17)21(20)27;/h1-12,24,27H,13H2;1H. The van der Waals surface area contributed by atoms with Crippen LogP contribution in [0.2, 0.25) is 5.02 Å².